The van der Waals surface area contributed by atoms with Crippen molar-refractivity contribution < 1.29 is 9.84 Å². The zero-order chi connectivity index (χ0) is 19.7. The Labute approximate surface area is 163 Å². The second-order valence-corrected chi connectivity index (χ2v) is 6.59. The summed E-state index contributed by atoms with van der Waals surface area (Å²) in [7, 11) is 0. The van der Waals surface area contributed by atoms with E-state index in [1.807, 2.05) is 0 Å². The number of hydrogen-bond donors (Lipinski definition) is 3. The van der Waals surface area contributed by atoms with Crippen molar-refractivity contribution in [2.45, 2.75) is 59.4 Å². The molecule has 1 unspecified atom stereocenters. The molecule has 0 aliphatic heterocycles. The van der Waals surface area contributed by atoms with E-state index in [1.54, 1.807) is 6.33 Å². The van der Waals surface area contributed by atoms with Gasteiger partial charge in [0.25, 0.3) is 0 Å². The number of nitrogens with one attached hydrogen (secondary N) is 2. The Balaban J connectivity index is 2.50. The molecule has 0 radical (unpaired) electrons. The van der Waals surface area contributed by atoms with Gasteiger partial charge in [-0.1, -0.05) is 40.0 Å². The van der Waals surface area contributed by atoms with Crippen molar-refractivity contribution in [1.29, 1.82) is 0 Å². The molecule has 27 heavy (non-hydrogen) atoms. The summed E-state index contributed by atoms with van der Waals surface area (Å²) >= 11 is 0. The van der Waals surface area contributed by atoms with Crippen LogP contribution in [0.15, 0.2) is 11.3 Å². The predicted molar refractivity (Wildman–Crippen MR) is 109 cm³/mol. The molecule has 1 heterocycles. The summed E-state index contributed by atoms with van der Waals surface area (Å²) < 4.78 is 7.37. The number of hydrogen-bond acceptors (Lipinski definition) is 5. The average molecular weight is 383 g/mol. The van der Waals surface area contributed by atoms with Crippen molar-refractivity contribution in [3.63, 3.8) is 0 Å². The van der Waals surface area contributed by atoms with Gasteiger partial charge in [0.2, 0.25) is 0 Å². The third kappa shape index (κ3) is 10.3. The van der Waals surface area contributed by atoms with Gasteiger partial charge in [-0.05, 0) is 12.3 Å². The van der Waals surface area contributed by atoms with Gasteiger partial charge >= 0.3 is 0 Å². The van der Waals surface area contributed by atoms with Crippen LogP contribution >= 0.6 is 0 Å². The van der Waals surface area contributed by atoms with Gasteiger partial charge in [0.05, 0.1) is 19.8 Å². The Morgan fingerprint density at radius 2 is 2.07 bits per heavy atom. The monoisotopic (exact) mass is 382 g/mol. The third-order valence-corrected chi connectivity index (χ3v) is 4.48. The van der Waals surface area contributed by atoms with Gasteiger partial charge in [-0.2, -0.15) is 0 Å². The Kier molecular flexibility index (Phi) is 13.3. The molecule has 1 aromatic heterocycles. The summed E-state index contributed by atoms with van der Waals surface area (Å²) in [6.07, 6.45) is 7.50. The van der Waals surface area contributed by atoms with Crippen molar-refractivity contribution in [2.75, 3.05) is 39.5 Å². The van der Waals surface area contributed by atoms with E-state index in [0.29, 0.717) is 25.7 Å². The number of ether oxygens (including phenoxy) is 1. The van der Waals surface area contributed by atoms with Gasteiger partial charge in [-0.15, -0.1) is 10.2 Å². The van der Waals surface area contributed by atoms with Gasteiger partial charge in [0.15, 0.2) is 5.96 Å². The largest absolute Gasteiger partial charge is 0.394 e. The van der Waals surface area contributed by atoms with E-state index in [0.717, 1.165) is 44.3 Å². The highest BCUT2D eigenvalue weighted by atomic mass is 16.5. The molecule has 0 saturated heterocycles. The highest BCUT2D eigenvalue weighted by Crippen LogP contribution is 2.12. The van der Waals surface area contributed by atoms with Crippen LogP contribution in [0.25, 0.3) is 0 Å². The molecular formula is C19H38N6O2. The molecule has 0 aliphatic carbocycles. The van der Waals surface area contributed by atoms with Crippen molar-refractivity contribution >= 4 is 5.96 Å². The van der Waals surface area contributed by atoms with E-state index in [2.05, 4.69) is 46.2 Å². The minimum atomic E-state index is 0.0491. The Morgan fingerprint density at radius 3 is 2.78 bits per heavy atom. The maximum Gasteiger partial charge on any atom is 0.191 e. The highest BCUT2D eigenvalue weighted by Gasteiger charge is 2.07. The number of unbranched alkanes of at least 4 members (excludes halogenated alkanes) is 1. The summed E-state index contributed by atoms with van der Waals surface area (Å²) in [5.74, 6) is 2.42. The Bertz CT molecular complexity index is 506. The van der Waals surface area contributed by atoms with Gasteiger partial charge in [0, 0.05) is 32.6 Å². The standard InChI is InChI=1S/C19H38N6O2/c1-4-7-8-17(5-2)15-22-19(21-10-13-27-14-12-26)20-9-11-25-16-23-24-18(25)6-3/h16-17,26H,4-15H2,1-3H3,(H2,20,21,22). The van der Waals surface area contributed by atoms with Gasteiger partial charge in [-0.25, -0.2) is 0 Å². The zero-order valence-corrected chi connectivity index (χ0v) is 17.3. The SMILES string of the molecule is CCCCC(CC)CN=C(NCCOCCO)NCCn1cnnc1CC. The van der Waals surface area contributed by atoms with Gasteiger partial charge in [-0.3, -0.25) is 4.99 Å². The minimum Gasteiger partial charge on any atom is -0.394 e. The third-order valence-electron chi connectivity index (χ3n) is 4.48. The summed E-state index contributed by atoms with van der Waals surface area (Å²) in [5, 5.41) is 23.6. The van der Waals surface area contributed by atoms with E-state index in [-0.39, 0.29) is 6.61 Å². The number of rotatable bonds is 15. The molecule has 1 rings (SSSR count). The highest BCUT2D eigenvalue weighted by molar-refractivity contribution is 5.79. The molecular weight excluding hydrogens is 344 g/mol. The number of aliphatic hydroxyl groups is 1. The predicted octanol–water partition coefficient (Wildman–Crippen LogP) is 1.60. The first kappa shape index (κ1) is 23.4. The zero-order valence-electron chi connectivity index (χ0n) is 17.3. The molecule has 0 bridgehead atoms. The fourth-order valence-electron chi connectivity index (χ4n) is 2.75. The summed E-state index contributed by atoms with van der Waals surface area (Å²) in [5.41, 5.74) is 0. The van der Waals surface area contributed by atoms with Crippen LogP contribution in [0, 0.1) is 5.92 Å². The number of aliphatic hydroxyl groups excluding tert-OH is 1. The fourth-order valence-corrected chi connectivity index (χ4v) is 2.75. The topological polar surface area (TPSA) is 96.6 Å². The van der Waals surface area contributed by atoms with E-state index in [4.69, 9.17) is 14.8 Å². The molecule has 0 fully saturated rings. The molecule has 8 nitrogen and oxygen atoms in total. The van der Waals surface area contributed by atoms with Crippen LogP contribution in [-0.2, 0) is 17.7 Å². The van der Waals surface area contributed by atoms with Crippen molar-refractivity contribution in [1.82, 2.24) is 25.4 Å². The van der Waals surface area contributed by atoms with Crippen LogP contribution in [0.5, 0.6) is 0 Å². The molecule has 156 valence electrons. The summed E-state index contributed by atoms with van der Waals surface area (Å²) in [6, 6.07) is 0. The number of nitrogens with zero attached hydrogens (tertiary/aromatic N) is 4. The van der Waals surface area contributed by atoms with Gasteiger partial charge < -0.3 is 25.0 Å². The second-order valence-electron chi connectivity index (χ2n) is 6.59. The molecule has 0 saturated carbocycles. The van der Waals surface area contributed by atoms with E-state index in [1.165, 1.54) is 19.3 Å². The van der Waals surface area contributed by atoms with Crippen LogP contribution in [0.3, 0.4) is 0 Å². The van der Waals surface area contributed by atoms with Crippen molar-refractivity contribution in [2.24, 2.45) is 10.9 Å². The molecule has 1 aromatic rings. The normalized spacial score (nSPS) is 13.0. The van der Waals surface area contributed by atoms with Crippen LogP contribution in [0.2, 0.25) is 0 Å². The summed E-state index contributed by atoms with van der Waals surface area (Å²) in [6.45, 7) is 10.5. The first-order valence-corrected chi connectivity index (χ1v) is 10.3. The molecule has 1 atom stereocenters. The lowest BCUT2D eigenvalue weighted by atomic mass is 10.00. The molecule has 3 N–H and O–H groups in total. The van der Waals surface area contributed by atoms with Crippen LogP contribution in [0.1, 0.15) is 52.3 Å². The van der Waals surface area contributed by atoms with E-state index in [9.17, 15) is 0 Å². The summed E-state index contributed by atoms with van der Waals surface area (Å²) in [4.78, 5) is 4.78. The van der Waals surface area contributed by atoms with Crippen molar-refractivity contribution in [3.8, 4) is 0 Å². The van der Waals surface area contributed by atoms with Crippen LogP contribution in [-0.4, -0.2) is 65.3 Å². The second kappa shape index (κ2) is 15.4. The van der Waals surface area contributed by atoms with Crippen molar-refractivity contribution in [3.05, 3.63) is 12.2 Å². The van der Waals surface area contributed by atoms with E-state index >= 15 is 0 Å². The first-order valence-electron chi connectivity index (χ1n) is 10.3. The Morgan fingerprint density at radius 1 is 1.26 bits per heavy atom. The fraction of sp³-hybridized carbons (Fsp3) is 0.842. The molecule has 0 amide bonds. The average Bonchev–Trinajstić information content (AvgIpc) is 3.14. The molecule has 0 spiro atoms. The Hall–Kier alpha value is -1.67. The number of guanidine groups is 1. The molecule has 8 heteroatoms. The maximum atomic E-state index is 8.77. The minimum absolute atomic E-state index is 0.0491. The van der Waals surface area contributed by atoms with E-state index < -0.39 is 0 Å². The quantitative estimate of drug-likeness (QED) is 0.242. The number of aliphatic imine (C=N–C) groups is 1. The molecule has 0 aromatic carbocycles. The smallest absolute Gasteiger partial charge is 0.191 e. The van der Waals surface area contributed by atoms with Crippen LogP contribution in [0.4, 0.5) is 0 Å². The lowest BCUT2D eigenvalue weighted by Crippen LogP contribution is -2.41. The number of aryl methyl sites for hydroxylation is 1. The maximum absolute atomic E-state index is 8.77. The van der Waals surface area contributed by atoms with Gasteiger partial charge in [0.1, 0.15) is 12.2 Å². The molecule has 0 aliphatic rings. The number of aromatic nitrogens is 3. The lowest BCUT2D eigenvalue weighted by Gasteiger charge is -2.16. The first-order chi connectivity index (χ1) is 13.2. The van der Waals surface area contributed by atoms with Crippen LogP contribution < -0.4 is 10.6 Å². The lowest BCUT2D eigenvalue weighted by molar-refractivity contribution is 0.0957.